The van der Waals surface area contributed by atoms with Gasteiger partial charge in [0, 0.05) is 38.3 Å². The summed E-state index contributed by atoms with van der Waals surface area (Å²) in [6.07, 6.45) is 2.98. The van der Waals surface area contributed by atoms with Gasteiger partial charge in [-0.1, -0.05) is 60.7 Å². The highest BCUT2D eigenvalue weighted by atomic mass is 35.5. The Morgan fingerprint density at radius 3 is 1.95 bits per heavy atom. The molecule has 0 saturated carbocycles. The van der Waals surface area contributed by atoms with Gasteiger partial charge in [0.15, 0.2) is 0 Å². The fourth-order valence-corrected chi connectivity index (χ4v) is 6.00. The van der Waals surface area contributed by atoms with Gasteiger partial charge in [-0.05, 0) is 74.8 Å². The summed E-state index contributed by atoms with van der Waals surface area (Å²) in [5, 5.41) is 10.5. The molecule has 2 aliphatic heterocycles. The summed E-state index contributed by atoms with van der Waals surface area (Å²) in [6, 6.07) is 22.1. The number of fused-ring (bicyclic) bond motifs is 1. The number of benzene rings is 3. The highest BCUT2D eigenvalue weighted by molar-refractivity contribution is 5.85. The average molecular weight is 539 g/mol. The van der Waals surface area contributed by atoms with E-state index >= 15 is 0 Å². The molecule has 3 N–H and O–H groups in total. The van der Waals surface area contributed by atoms with Crippen molar-refractivity contribution in [1.82, 2.24) is 9.80 Å². The van der Waals surface area contributed by atoms with Crippen LogP contribution in [0.1, 0.15) is 59.2 Å². The van der Waals surface area contributed by atoms with Gasteiger partial charge >= 0.3 is 0 Å². The molecule has 0 amide bonds. The van der Waals surface area contributed by atoms with Crippen LogP contribution in [0.4, 0.5) is 0 Å². The lowest BCUT2D eigenvalue weighted by atomic mass is 9.85. The van der Waals surface area contributed by atoms with Crippen LogP contribution in [0.5, 0.6) is 11.5 Å². The highest BCUT2D eigenvalue weighted by Gasteiger charge is 2.35. The van der Waals surface area contributed by atoms with E-state index in [1.807, 2.05) is 13.8 Å². The molecule has 38 heavy (non-hydrogen) atoms. The molecule has 3 aromatic carbocycles. The van der Waals surface area contributed by atoms with Crippen LogP contribution < -0.4 is 4.74 Å². The Balaban J connectivity index is 0.00000200. The van der Waals surface area contributed by atoms with E-state index in [0.29, 0.717) is 11.8 Å². The number of aromatic hydroxyl groups is 1. The molecule has 0 bridgehead atoms. The van der Waals surface area contributed by atoms with Gasteiger partial charge in [-0.25, -0.2) is 0 Å². The van der Waals surface area contributed by atoms with E-state index in [9.17, 15) is 5.11 Å². The molecule has 2 heterocycles. The molecule has 0 aliphatic carbocycles. The summed E-state index contributed by atoms with van der Waals surface area (Å²) < 4.78 is 6.68. The largest absolute Gasteiger partial charge is 0.507 e. The molecule has 3 aromatic rings. The van der Waals surface area contributed by atoms with Gasteiger partial charge in [0.05, 0.1) is 6.04 Å². The molecule has 6 heteroatoms. The summed E-state index contributed by atoms with van der Waals surface area (Å²) in [4.78, 5) is 5.24. The number of phenols is 1. The molecule has 1 atom stereocenters. The minimum Gasteiger partial charge on any atom is -0.507 e. The van der Waals surface area contributed by atoms with Gasteiger partial charge in [-0.3, -0.25) is 4.90 Å². The van der Waals surface area contributed by atoms with Crippen LogP contribution in [0.15, 0.2) is 60.7 Å². The minimum atomic E-state index is -0.165. The van der Waals surface area contributed by atoms with Crippen molar-refractivity contribution in [3.8, 4) is 11.5 Å². The number of ether oxygens (including phenoxy) is 1. The average Bonchev–Trinajstić information content (AvgIpc) is 2.92. The van der Waals surface area contributed by atoms with Crippen LogP contribution in [-0.4, -0.2) is 58.7 Å². The molecular weight excluding hydrogens is 496 g/mol. The summed E-state index contributed by atoms with van der Waals surface area (Å²) in [6.45, 7) is 13.7. The number of hydrogen-bond acceptors (Lipinski definition) is 4. The van der Waals surface area contributed by atoms with Gasteiger partial charge in [-0.15, -0.1) is 12.4 Å². The Labute approximate surface area is 234 Å². The predicted octanol–water partition coefficient (Wildman–Crippen LogP) is 5.80. The number of piperazine rings is 1. The second-order valence-corrected chi connectivity index (χ2v) is 10.9. The van der Waals surface area contributed by atoms with Crippen LogP contribution >= 0.6 is 12.4 Å². The molecule has 2 aliphatic rings. The van der Waals surface area contributed by atoms with Crippen molar-refractivity contribution in [2.75, 3.05) is 32.7 Å². The maximum atomic E-state index is 10.5. The van der Waals surface area contributed by atoms with E-state index in [4.69, 9.17) is 4.74 Å². The summed E-state index contributed by atoms with van der Waals surface area (Å²) >= 11 is 0. The lowest BCUT2D eigenvalue weighted by Gasteiger charge is -2.42. The van der Waals surface area contributed by atoms with E-state index in [0.717, 1.165) is 74.4 Å². The SMILES string of the molecule is Cc1c(C)c2c(c(C)c1O)CCC(C)(CCN1CCN(C(c3ccccc3)c3ccccc3)CC1)O2.Cl.O. The normalized spacial score (nSPS) is 19.7. The van der Waals surface area contributed by atoms with Crippen molar-refractivity contribution in [1.29, 1.82) is 0 Å². The first-order valence-electron chi connectivity index (χ1n) is 13.4. The number of nitrogens with zero attached hydrogens (tertiary/aromatic N) is 2. The minimum absolute atomic E-state index is 0. The molecular formula is C32H43ClN2O3. The molecule has 1 fully saturated rings. The van der Waals surface area contributed by atoms with Gasteiger partial charge in [0.1, 0.15) is 17.1 Å². The number of hydrogen-bond donors (Lipinski definition) is 1. The second-order valence-electron chi connectivity index (χ2n) is 10.9. The smallest absolute Gasteiger partial charge is 0.127 e. The van der Waals surface area contributed by atoms with Crippen LogP contribution in [0.25, 0.3) is 0 Å². The summed E-state index contributed by atoms with van der Waals surface area (Å²) in [5.74, 6) is 1.44. The molecule has 206 valence electrons. The van der Waals surface area contributed by atoms with Crippen molar-refractivity contribution < 1.29 is 15.3 Å². The third kappa shape index (κ3) is 6.02. The topological polar surface area (TPSA) is 67.4 Å². The zero-order valence-corrected chi connectivity index (χ0v) is 24.0. The second kappa shape index (κ2) is 12.5. The molecule has 1 saturated heterocycles. The van der Waals surface area contributed by atoms with Gasteiger partial charge in [0.2, 0.25) is 0 Å². The Morgan fingerprint density at radius 2 is 1.39 bits per heavy atom. The number of rotatable bonds is 6. The van der Waals surface area contributed by atoms with E-state index < -0.39 is 0 Å². The molecule has 5 nitrogen and oxygen atoms in total. The first-order valence-corrected chi connectivity index (χ1v) is 13.4. The number of phenolic OH excluding ortho intramolecular Hbond substituents is 1. The highest BCUT2D eigenvalue weighted by Crippen LogP contribution is 2.44. The molecule has 1 unspecified atom stereocenters. The van der Waals surface area contributed by atoms with E-state index in [2.05, 4.69) is 84.3 Å². The van der Waals surface area contributed by atoms with Crippen molar-refractivity contribution in [2.24, 2.45) is 0 Å². The van der Waals surface area contributed by atoms with Crippen molar-refractivity contribution >= 4 is 12.4 Å². The van der Waals surface area contributed by atoms with Crippen LogP contribution in [-0.2, 0) is 6.42 Å². The molecule has 0 radical (unpaired) electrons. The number of halogens is 1. The fourth-order valence-electron chi connectivity index (χ4n) is 6.00. The summed E-state index contributed by atoms with van der Waals surface area (Å²) in [5.41, 5.74) is 6.77. The standard InChI is InChI=1S/C32H40N2O2.ClH.H2O/c1-23-24(2)31-28(25(3)30(23)35)15-16-32(4,36-31)17-18-33-19-21-34(22-20-33)29(26-11-7-5-8-12-26)27-13-9-6-10-14-27;;/h5-14,29,35H,15-22H2,1-4H3;1H;1H2. The third-order valence-corrected chi connectivity index (χ3v) is 8.55. The Kier molecular flexibility index (Phi) is 9.88. The van der Waals surface area contributed by atoms with E-state index in [1.54, 1.807) is 0 Å². The Hall–Kier alpha value is -2.57. The predicted molar refractivity (Wildman–Crippen MR) is 158 cm³/mol. The third-order valence-electron chi connectivity index (χ3n) is 8.55. The van der Waals surface area contributed by atoms with Crippen molar-refractivity contribution in [3.05, 3.63) is 94.0 Å². The first-order chi connectivity index (χ1) is 17.4. The van der Waals surface area contributed by atoms with Crippen LogP contribution in [0.3, 0.4) is 0 Å². The maximum absolute atomic E-state index is 10.5. The first kappa shape index (κ1) is 30.0. The van der Waals surface area contributed by atoms with Gasteiger partial charge in [0.25, 0.3) is 0 Å². The zero-order chi connectivity index (χ0) is 25.3. The maximum Gasteiger partial charge on any atom is 0.127 e. The van der Waals surface area contributed by atoms with Crippen LogP contribution in [0, 0.1) is 20.8 Å². The Bertz CT molecular complexity index is 1160. The monoisotopic (exact) mass is 538 g/mol. The lowest BCUT2D eigenvalue weighted by molar-refractivity contribution is 0.0331. The summed E-state index contributed by atoms with van der Waals surface area (Å²) in [7, 11) is 0. The van der Waals surface area contributed by atoms with Crippen molar-refractivity contribution in [2.45, 2.75) is 58.6 Å². The van der Waals surface area contributed by atoms with E-state index in [-0.39, 0.29) is 23.5 Å². The fraction of sp³-hybridized carbons (Fsp3) is 0.438. The quantitative estimate of drug-likeness (QED) is 0.431. The molecule has 0 aromatic heterocycles. The van der Waals surface area contributed by atoms with Gasteiger partial charge < -0.3 is 20.2 Å². The lowest BCUT2D eigenvalue weighted by Crippen LogP contribution is -2.49. The van der Waals surface area contributed by atoms with Crippen molar-refractivity contribution in [3.63, 3.8) is 0 Å². The molecule has 0 spiro atoms. The zero-order valence-electron chi connectivity index (χ0n) is 23.2. The van der Waals surface area contributed by atoms with Crippen LogP contribution in [0.2, 0.25) is 0 Å². The Morgan fingerprint density at radius 1 is 0.842 bits per heavy atom. The van der Waals surface area contributed by atoms with Gasteiger partial charge in [-0.2, -0.15) is 0 Å². The van der Waals surface area contributed by atoms with E-state index in [1.165, 1.54) is 16.7 Å². The molecule has 5 rings (SSSR count).